The summed E-state index contributed by atoms with van der Waals surface area (Å²) in [7, 11) is 0. The maximum atomic E-state index is 11.4. The summed E-state index contributed by atoms with van der Waals surface area (Å²) in [5.41, 5.74) is 2.49. The van der Waals surface area contributed by atoms with E-state index in [0.29, 0.717) is 12.3 Å². The summed E-state index contributed by atoms with van der Waals surface area (Å²) in [4.78, 5) is 11.4. The zero-order chi connectivity index (χ0) is 9.97. The standard InChI is InChI=1S/C13H14O/c1-10-7-12(9-13(14)8-10)11-5-3-2-4-6-11/h2-6,8,12H,7,9H2,1H3/t12-/m1/s1. The van der Waals surface area contributed by atoms with Crippen molar-refractivity contribution >= 4 is 5.78 Å². The molecule has 0 aromatic heterocycles. The highest BCUT2D eigenvalue weighted by atomic mass is 16.1. The minimum atomic E-state index is 0.266. The number of carbonyl (C=O) groups is 1. The molecule has 0 saturated carbocycles. The van der Waals surface area contributed by atoms with Gasteiger partial charge in [-0.2, -0.15) is 0 Å². The average Bonchev–Trinajstić information content (AvgIpc) is 2.18. The van der Waals surface area contributed by atoms with Gasteiger partial charge in [0.25, 0.3) is 0 Å². The second-order valence-electron chi connectivity index (χ2n) is 3.97. The van der Waals surface area contributed by atoms with Crippen molar-refractivity contribution in [3.05, 3.63) is 47.5 Å². The molecule has 1 aromatic rings. The van der Waals surface area contributed by atoms with Crippen LogP contribution in [0.1, 0.15) is 31.2 Å². The molecule has 72 valence electrons. The molecule has 0 aliphatic heterocycles. The predicted octanol–water partition coefficient (Wildman–Crippen LogP) is 3.08. The van der Waals surface area contributed by atoms with Crippen molar-refractivity contribution in [2.24, 2.45) is 0 Å². The third kappa shape index (κ3) is 1.92. The number of hydrogen-bond acceptors (Lipinski definition) is 1. The fourth-order valence-electron chi connectivity index (χ4n) is 2.06. The molecule has 0 fully saturated rings. The van der Waals surface area contributed by atoms with Gasteiger partial charge in [0.2, 0.25) is 0 Å². The second kappa shape index (κ2) is 3.79. The highest BCUT2D eigenvalue weighted by Crippen LogP contribution is 2.30. The van der Waals surface area contributed by atoms with E-state index in [1.54, 1.807) is 6.08 Å². The number of hydrogen-bond donors (Lipinski definition) is 0. The molecule has 0 amide bonds. The van der Waals surface area contributed by atoms with Crippen LogP contribution in [0, 0.1) is 0 Å². The van der Waals surface area contributed by atoms with Crippen molar-refractivity contribution in [2.75, 3.05) is 0 Å². The highest BCUT2D eigenvalue weighted by Gasteiger charge is 2.19. The lowest BCUT2D eigenvalue weighted by Gasteiger charge is -2.20. The van der Waals surface area contributed by atoms with E-state index in [1.165, 1.54) is 11.1 Å². The lowest BCUT2D eigenvalue weighted by atomic mass is 9.84. The minimum Gasteiger partial charge on any atom is -0.295 e. The highest BCUT2D eigenvalue weighted by molar-refractivity contribution is 5.91. The topological polar surface area (TPSA) is 17.1 Å². The number of benzene rings is 1. The molecule has 0 N–H and O–H groups in total. The van der Waals surface area contributed by atoms with Gasteiger partial charge in [-0.1, -0.05) is 35.9 Å². The van der Waals surface area contributed by atoms with E-state index in [4.69, 9.17) is 0 Å². The Morgan fingerprint density at radius 2 is 1.86 bits per heavy atom. The maximum Gasteiger partial charge on any atom is 0.156 e. The van der Waals surface area contributed by atoms with Crippen molar-refractivity contribution in [2.45, 2.75) is 25.7 Å². The molecule has 0 heterocycles. The average molecular weight is 186 g/mol. The van der Waals surface area contributed by atoms with Gasteiger partial charge in [0.15, 0.2) is 5.78 Å². The fraction of sp³-hybridized carbons (Fsp3) is 0.308. The van der Waals surface area contributed by atoms with Gasteiger partial charge in [0.05, 0.1) is 0 Å². The summed E-state index contributed by atoms with van der Waals surface area (Å²) in [6.07, 6.45) is 3.47. The summed E-state index contributed by atoms with van der Waals surface area (Å²) in [5.74, 6) is 0.663. The van der Waals surface area contributed by atoms with Crippen LogP contribution in [-0.4, -0.2) is 5.78 Å². The Hall–Kier alpha value is -1.37. The Morgan fingerprint density at radius 1 is 1.14 bits per heavy atom. The monoisotopic (exact) mass is 186 g/mol. The van der Waals surface area contributed by atoms with Gasteiger partial charge in [-0.25, -0.2) is 0 Å². The maximum absolute atomic E-state index is 11.4. The second-order valence-corrected chi connectivity index (χ2v) is 3.97. The van der Waals surface area contributed by atoms with Crippen LogP contribution >= 0.6 is 0 Å². The van der Waals surface area contributed by atoms with Gasteiger partial charge in [0, 0.05) is 6.42 Å². The molecule has 0 radical (unpaired) electrons. The van der Waals surface area contributed by atoms with Crippen LogP contribution in [0.15, 0.2) is 42.0 Å². The van der Waals surface area contributed by atoms with Crippen molar-refractivity contribution in [3.8, 4) is 0 Å². The first-order valence-corrected chi connectivity index (χ1v) is 5.00. The largest absolute Gasteiger partial charge is 0.295 e. The van der Waals surface area contributed by atoms with Crippen LogP contribution in [-0.2, 0) is 4.79 Å². The molecular weight excluding hydrogens is 172 g/mol. The van der Waals surface area contributed by atoms with E-state index in [1.807, 2.05) is 25.1 Å². The van der Waals surface area contributed by atoms with E-state index >= 15 is 0 Å². The molecule has 0 unspecified atom stereocenters. The van der Waals surface area contributed by atoms with Gasteiger partial charge in [0.1, 0.15) is 0 Å². The van der Waals surface area contributed by atoms with E-state index in [9.17, 15) is 4.79 Å². The summed E-state index contributed by atoms with van der Waals surface area (Å²) < 4.78 is 0. The molecular formula is C13H14O. The first-order chi connectivity index (χ1) is 6.75. The van der Waals surface area contributed by atoms with Crippen LogP contribution < -0.4 is 0 Å². The number of carbonyl (C=O) groups excluding carboxylic acids is 1. The predicted molar refractivity (Wildman–Crippen MR) is 57.2 cm³/mol. The third-order valence-corrected chi connectivity index (χ3v) is 2.69. The van der Waals surface area contributed by atoms with Gasteiger partial charge in [-0.05, 0) is 30.9 Å². The summed E-state index contributed by atoms with van der Waals surface area (Å²) in [5, 5.41) is 0. The Balaban J connectivity index is 2.22. The molecule has 1 aromatic carbocycles. The summed E-state index contributed by atoms with van der Waals surface area (Å²) >= 11 is 0. The third-order valence-electron chi connectivity index (χ3n) is 2.69. The van der Waals surface area contributed by atoms with E-state index in [2.05, 4.69) is 12.1 Å². The van der Waals surface area contributed by atoms with Crippen molar-refractivity contribution in [3.63, 3.8) is 0 Å². The number of allylic oxidation sites excluding steroid dienone is 2. The zero-order valence-corrected chi connectivity index (χ0v) is 8.36. The van der Waals surface area contributed by atoms with Crippen molar-refractivity contribution < 1.29 is 4.79 Å². The lowest BCUT2D eigenvalue weighted by Crippen LogP contribution is -2.11. The Labute approximate surface area is 84.5 Å². The van der Waals surface area contributed by atoms with E-state index in [0.717, 1.165) is 6.42 Å². The fourth-order valence-corrected chi connectivity index (χ4v) is 2.06. The normalized spacial score (nSPS) is 21.9. The van der Waals surface area contributed by atoms with Gasteiger partial charge < -0.3 is 0 Å². The summed E-state index contributed by atoms with van der Waals surface area (Å²) in [6.45, 7) is 2.03. The summed E-state index contributed by atoms with van der Waals surface area (Å²) in [6, 6.07) is 10.3. The van der Waals surface area contributed by atoms with E-state index in [-0.39, 0.29) is 5.78 Å². The molecule has 14 heavy (non-hydrogen) atoms. The van der Waals surface area contributed by atoms with Gasteiger partial charge >= 0.3 is 0 Å². The molecule has 1 aliphatic rings. The molecule has 1 atom stereocenters. The minimum absolute atomic E-state index is 0.266. The van der Waals surface area contributed by atoms with E-state index < -0.39 is 0 Å². The molecule has 1 heteroatoms. The number of ketones is 1. The van der Waals surface area contributed by atoms with Crippen LogP contribution in [0.2, 0.25) is 0 Å². The van der Waals surface area contributed by atoms with Crippen LogP contribution in [0.3, 0.4) is 0 Å². The Morgan fingerprint density at radius 3 is 2.50 bits per heavy atom. The van der Waals surface area contributed by atoms with Crippen LogP contribution in [0.25, 0.3) is 0 Å². The molecule has 2 rings (SSSR count). The lowest BCUT2D eigenvalue weighted by molar-refractivity contribution is -0.115. The van der Waals surface area contributed by atoms with Crippen LogP contribution in [0.5, 0.6) is 0 Å². The Bertz CT molecular complexity index is 362. The van der Waals surface area contributed by atoms with Gasteiger partial charge in [-0.15, -0.1) is 0 Å². The smallest absolute Gasteiger partial charge is 0.156 e. The van der Waals surface area contributed by atoms with Gasteiger partial charge in [-0.3, -0.25) is 4.79 Å². The first kappa shape index (κ1) is 9.20. The van der Waals surface area contributed by atoms with Crippen molar-refractivity contribution in [1.82, 2.24) is 0 Å². The molecule has 1 aliphatic carbocycles. The first-order valence-electron chi connectivity index (χ1n) is 5.00. The quantitative estimate of drug-likeness (QED) is 0.658. The SMILES string of the molecule is CC1=CC(=O)C[C@H](c2ccccc2)C1. The zero-order valence-electron chi connectivity index (χ0n) is 8.36. The van der Waals surface area contributed by atoms with Crippen molar-refractivity contribution in [1.29, 1.82) is 0 Å². The molecule has 1 nitrogen and oxygen atoms in total. The Kier molecular flexibility index (Phi) is 2.49. The van der Waals surface area contributed by atoms with Crippen LogP contribution in [0.4, 0.5) is 0 Å². The molecule has 0 spiro atoms. The molecule has 0 bridgehead atoms. The number of rotatable bonds is 1. The molecule has 0 saturated heterocycles.